The normalized spacial score (nSPS) is 14.0. The quantitative estimate of drug-likeness (QED) is 0.293. The number of carbonyl (C=O) groups is 3. The van der Waals surface area contributed by atoms with Crippen molar-refractivity contribution in [2.45, 2.75) is 24.4 Å². The lowest BCUT2D eigenvalue weighted by Crippen LogP contribution is -2.45. The van der Waals surface area contributed by atoms with Crippen molar-refractivity contribution in [3.63, 3.8) is 0 Å². The number of aliphatic carboxylic acids is 1. The van der Waals surface area contributed by atoms with E-state index >= 15 is 0 Å². The highest BCUT2D eigenvalue weighted by Gasteiger charge is 2.32. The van der Waals surface area contributed by atoms with E-state index in [-0.39, 0.29) is 12.5 Å². The lowest BCUT2D eigenvalue weighted by atomic mass is 9.94. The third-order valence-electron chi connectivity index (χ3n) is 7.31. The second-order valence-corrected chi connectivity index (χ2v) is 9.74. The maximum absolute atomic E-state index is 13.1. The zero-order valence-electron chi connectivity index (χ0n) is 21.4. The summed E-state index contributed by atoms with van der Waals surface area (Å²) in [6.07, 6.45) is -1.37. The highest BCUT2D eigenvalue weighted by Crippen LogP contribution is 2.45. The second kappa shape index (κ2) is 10.6. The summed E-state index contributed by atoms with van der Waals surface area (Å²) in [5.41, 5.74) is 5.77. The van der Waals surface area contributed by atoms with Gasteiger partial charge < -0.3 is 25.2 Å². The van der Waals surface area contributed by atoms with Gasteiger partial charge in [0.25, 0.3) is 0 Å². The molecule has 1 atom stereocenters. The van der Waals surface area contributed by atoms with Crippen LogP contribution in [0.25, 0.3) is 11.1 Å². The summed E-state index contributed by atoms with van der Waals surface area (Å²) >= 11 is 0. The maximum Gasteiger partial charge on any atom is 0.407 e. The first-order chi connectivity index (χ1) is 19.5. The number of fused-ring (bicyclic) bond motifs is 5. The smallest absolute Gasteiger partial charge is 0.407 e. The number of carboxylic acids is 1. The zero-order chi connectivity index (χ0) is 27.6. The van der Waals surface area contributed by atoms with E-state index in [1.807, 2.05) is 97.1 Å². The Labute approximate surface area is 230 Å². The van der Waals surface area contributed by atoms with Crippen LogP contribution in [-0.4, -0.2) is 35.7 Å². The molecule has 0 fully saturated rings. The highest BCUT2D eigenvalue weighted by atomic mass is 16.5. The van der Waals surface area contributed by atoms with Crippen molar-refractivity contribution in [1.29, 1.82) is 0 Å². The molecule has 0 saturated heterocycles. The van der Waals surface area contributed by atoms with E-state index in [0.717, 1.165) is 33.4 Å². The van der Waals surface area contributed by atoms with Gasteiger partial charge in [-0.25, -0.2) is 9.59 Å². The first-order valence-electron chi connectivity index (χ1n) is 13.0. The van der Waals surface area contributed by atoms with Gasteiger partial charge in [0.15, 0.2) is 0 Å². The summed E-state index contributed by atoms with van der Waals surface area (Å²) in [6, 6.07) is 28.5. The number of carbonyl (C=O) groups excluding carboxylic acids is 2. The summed E-state index contributed by atoms with van der Waals surface area (Å²) in [7, 11) is 0. The molecule has 2 aliphatic rings. The predicted octanol–water partition coefficient (Wildman–Crippen LogP) is 5.38. The predicted molar refractivity (Wildman–Crippen MR) is 147 cm³/mol. The average Bonchev–Trinajstić information content (AvgIpc) is 3.29. The number of hydrogen-bond donors (Lipinski definition) is 3. The summed E-state index contributed by atoms with van der Waals surface area (Å²) in [5, 5.41) is 15.0. The van der Waals surface area contributed by atoms with Gasteiger partial charge in [-0.3, -0.25) is 4.79 Å². The minimum Gasteiger partial charge on any atom is -0.480 e. The first kappa shape index (κ1) is 25.2. The van der Waals surface area contributed by atoms with E-state index in [4.69, 9.17) is 9.47 Å². The Hall–Kier alpha value is -5.11. The number of amides is 2. The molecule has 200 valence electrons. The van der Waals surface area contributed by atoms with Crippen LogP contribution in [0.5, 0.6) is 11.5 Å². The molecule has 8 nitrogen and oxygen atoms in total. The zero-order valence-corrected chi connectivity index (χ0v) is 21.4. The van der Waals surface area contributed by atoms with Crippen LogP contribution in [-0.2, 0) is 14.3 Å². The fourth-order valence-corrected chi connectivity index (χ4v) is 5.45. The van der Waals surface area contributed by atoms with Gasteiger partial charge in [0, 0.05) is 17.0 Å². The molecule has 4 aromatic rings. The number of benzene rings is 4. The fraction of sp³-hybridized carbons (Fsp3) is 0.156. The molecule has 3 N–H and O–H groups in total. The standard InChI is InChI=1S/C32H26N2O6/c35-29(34-30-23-13-5-7-15-27(23)40-28-16-8-6-14-24(28)30)17-26(31(36)37)33-32(38)39-18-25-21-11-3-1-9-19(21)20-10-2-4-12-22(20)25/h1-16,25-26,30H,17-18H2,(H,33,38)(H,34,35)(H,36,37)/t26-/m1/s1. The SMILES string of the molecule is O=C(C[C@@H](NC(=O)OCC1c2ccccc2-c2ccccc21)C(=O)O)NC1c2ccccc2Oc2ccccc21. The molecule has 6 rings (SSSR count). The molecule has 0 aromatic heterocycles. The van der Waals surface area contributed by atoms with Crippen molar-refractivity contribution < 1.29 is 29.0 Å². The van der Waals surface area contributed by atoms with Gasteiger partial charge in [-0.1, -0.05) is 84.9 Å². The van der Waals surface area contributed by atoms with E-state index in [9.17, 15) is 19.5 Å². The molecule has 1 aliphatic heterocycles. The van der Waals surface area contributed by atoms with Gasteiger partial charge in [-0.05, 0) is 34.4 Å². The van der Waals surface area contributed by atoms with Crippen molar-refractivity contribution in [1.82, 2.24) is 10.6 Å². The van der Waals surface area contributed by atoms with Crippen LogP contribution in [0, 0.1) is 0 Å². The molecule has 0 unspecified atom stereocenters. The third kappa shape index (κ3) is 4.75. The first-order valence-corrected chi connectivity index (χ1v) is 13.0. The Kier molecular flexibility index (Phi) is 6.66. The van der Waals surface area contributed by atoms with E-state index in [1.165, 1.54) is 0 Å². The number of para-hydroxylation sites is 2. The number of ether oxygens (including phenoxy) is 2. The van der Waals surface area contributed by atoms with Crippen LogP contribution in [0.3, 0.4) is 0 Å². The number of rotatable bonds is 7. The molecule has 4 aromatic carbocycles. The van der Waals surface area contributed by atoms with Crippen LogP contribution in [0.1, 0.15) is 40.6 Å². The summed E-state index contributed by atoms with van der Waals surface area (Å²) in [5.74, 6) is -0.825. The van der Waals surface area contributed by atoms with E-state index in [1.54, 1.807) is 0 Å². The van der Waals surface area contributed by atoms with E-state index in [2.05, 4.69) is 10.6 Å². The summed E-state index contributed by atoms with van der Waals surface area (Å²) in [4.78, 5) is 37.7. The van der Waals surface area contributed by atoms with Gasteiger partial charge in [-0.2, -0.15) is 0 Å². The van der Waals surface area contributed by atoms with Crippen LogP contribution in [0.2, 0.25) is 0 Å². The highest BCUT2D eigenvalue weighted by molar-refractivity contribution is 5.87. The molecule has 0 radical (unpaired) electrons. The van der Waals surface area contributed by atoms with Crippen LogP contribution in [0.15, 0.2) is 97.1 Å². The molecule has 1 heterocycles. The molecule has 8 heteroatoms. The van der Waals surface area contributed by atoms with Crippen LogP contribution in [0.4, 0.5) is 4.79 Å². The molecule has 2 amide bonds. The molecule has 40 heavy (non-hydrogen) atoms. The molecular formula is C32H26N2O6. The molecule has 0 saturated carbocycles. The van der Waals surface area contributed by atoms with Crippen LogP contribution >= 0.6 is 0 Å². The van der Waals surface area contributed by atoms with Crippen molar-refractivity contribution in [3.05, 3.63) is 119 Å². The Morgan fingerprint density at radius 3 is 1.80 bits per heavy atom. The Morgan fingerprint density at radius 1 is 0.750 bits per heavy atom. The third-order valence-corrected chi connectivity index (χ3v) is 7.31. The lowest BCUT2D eigenvalue weighted by Gasteiger charge is -2.29. The molecule has 1 aliphatic carbocycles. The van der Waals surface area contributed by atoms with Gasteiger partial charge in [-0.15, -0.1) is 0 Å². The van der Waals surface area contributed by atoms with Crippen LogP contribution < -0.4 is 15.4 Å². The average molecular weight is 535 g/mol. The Morgan fingerprint density at radius 2 is 1.25 bits per heavy atom. The molecule has 0 spiro atoms. The number of alkyl carbamates (subject to hydrolysis) is 1. The summed E-state index contributed by atoms with van der Waals surface area (Å²) < 4.78 is 11.4. The van der Waals surface area contributed by atoms with Crippen molar-refractivity contribution in [3.8, 4) is 22.6 Å². The lowest BCUT2D eigenvalue weighted by molar-refractivity contribution is -0.141. The molecule has 0 bridgehead atoms. The van der Waals surface area contributed by atoms with Crippen molar-refractivity contribution in [2.24, 2.45) is 0 Å². The largest absolute Gasteiger partial charge is 0.480 e. The van der Waals surface area contributed by atoms with Crippen molar-refractivity contribution in [2.75, 3.05) is 6.61 Å². The number of hydrogen-bond acceptors (Lipinski definition) is 5. The Bertz CT molecular complexity index is 1530. The minimum absolute atomic E-state index is 0.0358. The second-order valence-electron chi connectivity index (χ2n) is 9.74. The van der Waals surface area contributed by atoms with Gasteiger partial charge in [0.1, 0.15) is 24.1 Å². The van der Waals surface area contributed by atoms with Gasteiger partial charge in [0.05, 0.1) is 12.5 Å². The minimum atomic E-state index is -1.47. The number of nitrogens with one attached hydrogen (secondary N) is 2. The topological polar surface area (TPSA) is 114 Å². The van der Waals surface area contributed by atoms with E-state index in [0.29, 0.717) is 11.5 Å². The fourth-order valence-electron chi connectivity index (χ4n) is 5.45. The van der Waals surface area contributed by atoms with E-state index < -0.39 is 36.5 Å². The van der Waals surface area contributed by atoms with Gasteiger partial charge in [0.2, 0.25) is 5.91 Å². The number of carboxylic acid groups (broad SMARTS) is 1. The molecular weight excluding hydrogens is 508 g/mol. The van der Waals surface area contributed by atoms with Gasteiger partial charge >= 0.3 is 12.1 Å². The monoisotopic (exact) mass is 534 g/mol. The maximum atomic E-state index is 13.1. The van der Waals surface area contributed by atoms with Crippen molar-refractivity contribution >= 4 is 18.0 Å². The Balaban J connectivity index is 1.12. The summed E-state index contributed by atoms with van der Waals surface area (Å²) in [6.45, 7) is 0.0358.